The van der Waals surface area contributed by atoms with Crippen LogP contribution in [0.2, 0.25) is 0 Å². The molecule has 0 saturated carbocycles. The smallest absolute Gasteiger partial charge is 0.303 e. The molecule has 0 aromatic carbocycles. The number of halogens is 1. The average Bonchev–Trinajstić information content (AvgIpc) is 2.13. The molecule has 1 unspecified atom stereocenters. The molecule has 84 valence electrons. The first-order chi connectivity index (χ1) is 6.65. The van der Waals surface area contributed by atoms with Crippen molar-refractivity contribution in [1.29, 1.82) is 0 Å². The summed E-state index contributed by atoms with van der Waals surface area (Å²) in [6.07, 6.45) is -1.12. The van der Waals surface area contributed by atoms with Crippen LogP contribution in [-0.2, 0) is 19.0 Å². The van der Waals surface area contributed by atoms with Gasteiger partial charge < -0.3 is 14.2 Å². The van der Waals surface area contributed by atoms with E-state index in [4.69, 9.17) is 25.8 Å². The van der Waals surface area contributed by atoms with Crippen molar-refractivity contribution >= 4 is 17.6 Å². The van der Waals surface area contributed by atoms with Gasteiger partial charge in [0.25, 0.3) is 0 Å². The highest BCUT2D eigenvalue weighted by atomic mass is 35.5. The van der Waals surface area contributed by atoms with Gasteiger partial charge in [0.15, 0.2) is 12.4 Å². The van der Waals surface area contributed by atoms with Crippen LogP contribution in [0.25, 0.3) is 0 Å². The summed E-state index contributed by atoms with van der Waals surface area (Å²) >= 11 is 5.64. The Morgan fingerprint density at radius 2 is 1.79 bits per heavy atom. The Bertz CT molecular complexity index is 157. The average molecular weight is 225 g/mol. The van der Waals surface area contributed by atoms with Gasteiger partial charge in [0.1, 0.15) is 0 Å². The van der Waals surface area contributed by atoms with Gasteiger partial charge in [-0.15, -0.1) is 11.6 Å². The highest BCUT2D eigenvalue weighted by Gasteiger charge is 2.24. The predicted octanol–water partition coefficient (Wildman–Crippen LogP) is 1.56. The molecule has 4 nitrogen and oxygen atoms in total. The maximum absolute atomic E-state index is 10.7. The van der Waals surface area contributed by atoms with Crippen LogP contribution in [0.4, 0.5) is 0 Å². The monoisotopic (exact) mass is 224 g/mol. The Hall–Kier alpha value is -0.320. The summed E-state index contributed by atoms with van der Waals surface area (Å²) in [5, 5.41) is 0. The molecular weight excluding hydrogens is 208 g/mol. The molecular formula is C9H17ClO4. The molecule has 0 rings (SSSR count). The molecule has 0 aromatic heterocycles. The molecule has 0 spiro atoms. The summed E-state index contributed by atoms with van der Waals surface area (Å²) in [7, 11) is 0. The summed E-state index contributed by atoms with van der Waals surface area (Å²) in [4.78, 5) is 10.7. The summed E-state index contributed by atoms with van der Waals surface area (Å²) in [6.45, 7) is 5.98. The van der Waals surface area contributed by atoms with E-state index in [1.54, 1.807) is 0 Å². The Morgan fingerprint density at radius 1 is 1.29 bits per heavy atom. The molecule has 1 atom stereocenters. The van der Waals surface area contributed by atoms with E-state index in [9.17, 15) is 4.79 Å². The second-order valence-corrected chi connectivity index (χ2v) is 2.89. The summed E-state index contributed by atoms with van der Waals surface area (Å²) in [5.41, 5.74) is 0. The Balaban J connectivity index is 4.16. The van der Waals surface area contributed by atoms with Crippen molar-refractivity contribution in [2.24, 2.45) is 0 Å². The Morgan fingerprint density at radius 3 is 2.07 bits per heavy atom. The minimum Gasteiger partial charge on any atom is -0.456 e. The molecule has 0 aliphatic heterocycles. The number of carbonyl (C=O) groups excluding carboxylic acids is 1. The third-order valence-corrected chi connectivity index (χ3v) is 1.74. The van der Waals surface area contributed by atoms with Crippen molar-refractivity contribution in [2.75, 3.05) is 19.1 Å². The molecule has 0 amide bonds. The number of hydrogen-bond donors (Lipinski definition) is 0. The number of alkyl halides is 1. The third kappa shape index (κ3) is 5.42. The van der Waals surface area contributed by atoms with Crippen molar-refractivity contribution in [1.82, 2.24) is 0 Å². The van der Waals surface area contributed by atoms with Gasteiger partial charge in [0, 0.05) is 20.1 Å². The first kappa shape index (κ1) is 13.7. The lowest BCUT2D eigenvalue weighted by molar-refractivity contribution is -0.200. The molecule has 14 heavy (non-hydrogen) atoms. The van der Waals surface area contributed by atoms with Gasteiger partial charge in [-0.05, 0) is 13.8 Å². The molecule has 0 N–H and O–H groups in total. The van der Waals surface area contributed by atoms with Crippen LogP contribution in [0.15, 0.2) is 0 Å². The van der Waals surface area contributed by atoms with Crippen molar-refractivity contribution in [3.63, 3.8) is 0 Å². The highest BCUT2D eigenvalue weighted by Crippen LogP contribution is 2.08. The van der Waals surface area contributed by atoms with E-state index in [0.717, 1.165) is 0 Å². The molecule has 0 radical (unpaired) electrons. The standard InChI is InChI=1S/C9H17ClO4/c1-4-12-9(13-5-2)8(6-10)14-7(3)11/h8-9H,4-6H2,1-3H3. The number of ether oxygens (including phenoxy) is 3. The van der Waals surface area contributed by atoms with Crippen molar-refractivity contribution in [3.8, 4) is 0 Å². The zero-order chi connectivity index (χ0) is 11.0. The van der Waals surface area contributed by atoms with Gasteiger partial charge in [0.2, 0.25) is 0 Å². The zero-order valence-electron chi connectivity index (χ0n) is 8.79. The minimum atomic E-state index is -0.577. The molecule has 0 fully saturated rings. The topological polar surface area (TPSA) is 44.8 Å². The van der Waals surface area contributed by atoms with Crippen LogP contribution in [0.3, 0.4) is 0 Å². The molecule has 0 bridgehead atoms. The lowest BCUT2D eigenvalue weighted by atomic mass is 10.4. The SMILES string of the molecule is CCOC(OCC)C(CCl)OC(C)=O. The van der Waals surface area contributed by atoms with Gasteiger partial charge in [-0.1, -0.05) is 0 Å². The number of rotatable bonds is 7. The summed E-state index contributed by atoms with van der Waals surface area (Å²) in [6, 6.07) is 0. The lowest BCUT2D eigenvalue weighted by Gasteiger charge is -2.24. The van der Waals surface area contributed by atoms with E-state index in [1.165, 1.54) is 6.92 Å². The Kier molecular flexibility index (Phi) is 7.84. The van der Waals surface area contributed by atoms with Crippen LogP contribution in [0.1, 0.15) is 20.8 Å². The summed E-state index contributed by atoms with van der Waals surface area (Å²) in [5.74, 6) is -0.232. The molecule has 0 aliphatic carbocycles. The second-order valence-electron chi connectivity index (χ2n) is 2.58. The molecule has 5 heteroatoms. The van der Waals surface area contributed by atoms with Gasteiger partial charge in [-0.3, -0.25) is 4.79 Å². The fourth-order valence-corrected chi connectivity index (χ4v) is 1.17. The van der Waals surface area contributed by atoms with Crippen LogP contribution in [0.5, 0.6) is 0 Å². The maximum Gasteiger partial charge on any atom is 0.303 e. The number of esters is 1. The van der Waals surface area contributed by atoms with Gasteiger partial charge in [-0.2, -0.15) is 0 Å². The van der Waals surface area contributed by atoms with E-state index in [0.29, 0.717) is 13.2 Å². The van der Waals surface area contributed by atoms with Crippen LogP contribution >= 0.6 is 11.6 Å². The molecule has 0 saturated heterocycles. The first-order valence-electron chi connectivity index (χ1n) is 4.62. The zero-order valence-corrected chi connectivity index (χ0v) is 9.54. The van der Waals surface area contributed by atoms with Crippen LogP contribution in [-0.4, -0.2) is 37.5 Å². The number of hydrogen-bond acceptors (Lipinski definition) is 4. The fourth-order valence-electron chi connectivity index (χ4n) is 0.964. The van der Waals surface area contributed by atoms with Crippen LogP contribution in [0, 0.1) is 0 Å². The van der Waals surface area contributed by atoms with Crippen molar-refractivity contribution in [3.05, 3.63) is 0 Å². The second kappa shape index (κ2) is 8.03. The highest BCUT2D eigenvalue weighted by molar-refractivity contribution is 6.18. The van der Waals surface area contributed by atoms with Crippen molar-refractivity contribution in [2.45, 2.75) is 33.2 Å². The minimum absolute atomic E-state index is 0.157. The predicted molar refractivity (Wildman–Crippen MR) is 53.3 cm³/mol. The lowest BCUT2D eigenvalue weighted by Crippen LogP contribution is -2.36. The van der Waals surface area contributed by atoms with E-state index < -0.39 is 12.4 Å². The van der Waals surface area contributed by atoms with E-state index in [-0.39, 0.29) is 11.8 Å². The van der Waals surface area contributed by atoms with Gasteiger partial charge >= 0.3 is 5.97 Å². The van der Waals surface area contributed by atoms with Crippen LogP contribution < -0.4 is 0 Å². The van der Waals surface area contributed by atoms with Crippen molar-refractivity contribution < 1.29 is 19.0 Å². The normalized spacial score (nSPS) is 12.9. The van der Waals surface area contributed by atoms with E-state index >= 15 is 0 Å². The first-order valence-corrected chi connectivity index (χ1v) is 5.15. The molecule has 0 aliphatic rings. The molecule has 0 aromatic rings. The van der Waals surface area contributed by atoms with Gasteiger partial charge in [-0.25, -0.2) is 0 Å². The molecule has 0 heterocycles. The quantitative estimate of drug-likeness (QED) is 0.374. The number of carbonyl (C=O) groups is 1. The van der Waals surface area contributed by atoms with E-state index in [2.05, 4.69) is 0 Å². The third-order valence-electron chi connectivity index (χ3n) is 1.43. The summed E-state index contributed by atoms with van der Waals surface area (Å²) < 4.78 is 15.5. The maximum atomic E-state index is 10.7. The van der Waals surface area contributed by atoms with Gasteiger partial charge in [0.05, 0.1) is 5.88 Å². The van der Waals surface area contributed by atoms with E-state index in [1.807, 2.05) is 13.8 Å². The fraction of sp³-hybridized carbons (Fsp3) is 0.889. The largest absolute Gasteiger partial charge is 0.456 e. The Labute approximate surface area is 89.5 Å².